The van der Waals surface area contributed by atoms with Gasteiger partial charge in [-0.05, 0) is 6.92 Å². The summed E-state index contributed by atoms with van der Waals surface area (Å²) in [7, 11) is 2.98. The Kier molecular flexibility index (Phi) is 3.01. The molecule has 0 aliphatic rings. The Hall–Kier alpha value is -1.65. The van der Waals surface area contributed by atoms with Crippen LogP contribution in [0.1, 0.15) is 23.0 Å². The Morgan fingerprint density at radius 2 is 2.21 bits per heavy atom. The zero-order chi connectivity index (χ0) is 10.7. The van der Waals surface area contributed by atoms with Crippen molar-refractivity contribution in [1.29, 1.82) is 0 Å². The van der Waals surface area contributed by atoms with Crippen LogP contribution in [-0.2, 0) is 23.0 Å². The van der Waals surface area contributed by atoms with Crippen LogP contribution in [-0.4, -0.2) is 28.6 Å². The third-order valence-electron chi connectivity index (χ3n) is 1.72. The highest BCUT2D eigenvalue weighted by Gasteiger charge is 2.17. The van der Waals surface area contributed by atoms with Gasteiger partial charge in [-0.2, -0.15) is 5.10 Å². The summed E-state index contributed by atoms with van der Waals surface area (Å²) in [6.45, 7) is 1.47. The van der Waals surface area contributed by atoms with Crippen LogP contribution in [0.3, 0.4) is 0 Å². The third kappa shape index (κ3) is 2.18. The Morgan fingerprint density at radius 3 is 2.71 bits per heavy atom. The number of nitrogens with zero attached hydrogens (tertiary/aromatic N) is 2. The largest absolute Gasteiger partial charge is 0.464 e. The van der Waals surface area contributed by atoms with E-state index in [2.05, 4.69) is 9.84 Å². The lowest BCUT2D eigenvalue weighted by atomic mass is 10.1. The van der Waals surface area contributed by atoms with Gasteiger partial charge in [-0.15, -0.1) is 0 Å². The number of ether oxygens (including phenoxy) is 1. The molecule has 0 saturated heterocycles. The van der Waals surface area contributed by atoms with E-state index in [4.69, 9.17) is 0 Å². The van der Waals surface area contributed by atoms with Crippen molar-refractivity contribution in [2.75, 3.05) is 7.11 Å². The standard InChI is InChI=1S/C9H12N2O3/c1-6(12)4-7-5-11(2)10-8(7)9(13)14-3/h5H,4H2,1-3H3. The second-order valence-electron chi connectivity index (χ2n) is 3.05. The molecule has 0 radical (unpaired) electrons. The van der Waals surface area contributed by atoms with Crippen molar-refractivity contribution in [3.63, 3.8) is 0 Å². The molecule has 14 heavy (non-hydrogen) atoms. The van der Waals surface area contributed by atoms with Crippen molar-refractivity contribution in [1.82, 2.24) is 9.78 Å². The van der Waals surface area contributed by atoms with E-state index >= 15 is 0 Å². The second-order valence-corrected chi connectivity index (χ2v) is 3.05. The number of aromatic nitrogens is 2. The van der Waals surface area contributed by atoms with Gasteiger partial charge in [0.25, 0.3) is 0 Å². The Bertz CT molecular complexity index is 368. The first-order chi connectivity index (χ1) is 6.54. The molecule has 0 unspecified atom stereocenters. The Balaban J connectivity index is 3.02. The van der Waals surface area contributed by atoms with Crippen LogP contribution in [0.2, 0.25) is 0 Å². The highest BCUT2D eigenvalue weighted by Crippen LogP contribution is 2.08. The van der Waals surface area contributed by atoms with Gasteiger partial charge in [0.1, 0.15) is 5.78 Å². The van der Waals surface area contributed by atoms with Gasteiger partial charge >= 0.3 is 5.97 Å². The van der Waals surface area contributed by atoms with E-state index in [1.807, 2.05) is 0 Å². The third-order valence-corrected chi connectivity index (χ3v) is 1.72. The first-order valence-corrected chi connectivity index (χ1v) is 4.15. The molecule has 5 heteroatoms. The van der Waals surface area contributed by atoms with E-state index in [1.54, 1.807) is 13.2 Å². The van der Waals surface area contributed by atoms with Gasteiger partial charge in [-0.25, -0.2) is 4.79 Å². The van der Waals surface area contributed by atoms with Gasteiger partial charge in [0.15, 0.2) is 5.69 Å². The van der Waals surface area contributed by atoms with Crippen LogP contribution in [0, 0.1) is 0 Å². The fourth-order valence-corrected chi connectivity index (χ4v) is 1.20. The Morgan fingerprint density at radius 1 is 1.57 bits per heavy atom. The quantitative estimate of drug-likeness (QED) is 0.654. The molecule has 0 N–H and O–H groups in total. The zero-order valence-corrected chi connectivity index (χ0v) is 8.40. The first-order valence-electron chi connectivity index (χ1n) is 4.15. The number of ketones is 1. The lowest BCUT2D eigenvalue weighted by Crippen LogP contribution is -2.07. The molecule has 0 aromatic carbocycles. The summed E-state index contributed by atoms with van der Waals surface area (Å²) in [5.41, 5.74) is 0.817. The van der Waals surface area contributed by atoms with Crippen molar-refractivity contribution in [3.8, 4) is 0 Å². The minimum Gasteiger partial charge on any atom is -0.464 e. The highest BCUT2D eigenvalue weighted by molar-refractivity contribution is 5.90. The number of aryl methyl sites for hydroxylation is 1. The lowest BCUT2D eigenvalue weighted by Gasteiger charge is -1.96. The molecule has 0 fully saturated rings. The first kappa shape index (κ1) is 10.4. The zero-order valence-electron chi connectivity index (χ0n) is 8.40. The van der Waals surface area contributed by atoms with Crippen LogP contribution in [0.15, 0.2) is 6.20 Å². The molecular weight excluding hydrogens is 184 g/mol. The maximum absolute atomic E-state index is 11.2. The number of methoxy groups -OCH3 is 1. The highest BCUT2D eigenvalue weighted by atomic mass is 16.5. The molecule has 0 saturated carbocycles. The van der Waals surface area contributed by atoms with E-state index in [1.165, 1.54) is 18.7 Å². The second kappa shape index (κ2) is 4.04. The van der Waals surface area contributed by atoms with Gasteiger partial charge in [0, 0.05) is 25.2 Å². The molecule has 0 aliphatic carbocycles. The molecule has 0 bridgehead atoms. The molecule has 0 aliphatic heterocycles. The predicted octanol–water partition coefficient (Wildman–Crippen LogP) is 0.338. The molecule has 0 spiro atoms. The van der Waals surface area contributed by atoms with Gasteiger partial charge in [0.05, 0.1) is 7.11 Å². The Labute approximate surface area is 81.7 Å². The number of hydrogen-bond acceptors (Lipinski definition) is 4. The predicted molar refractivity (Wildman–Crippen MR) is 48.9 cm³/mol. The normalized spacial score (nSPS) is 9.93. The number of hydrogen-bond donors (Lipinski definition) is 0. The molecule has 1 aromatic rings. The van der Waals surface area contributed by atoms with E-state index < -0.39 is 5.97 Å². The minimum atomic E-state index is -0.512. The molecule has 1 rings (SSSR count). The topological polar surface area (TPSA) is 61.2 Å². The minimum absolute atomic E-state index is 0.0110. The summed E-state index contributed by atoms with van der Waals surface area (Å²) in [6.07, 6.45) is 1.85. The average Bonchev–Trinajstić information content (AvgIpc) is 2.44. The van der Waals surface area contributed by atoms with Gasteiger partial charge in [-0.3, -0.25) is 9.48 Å². The number of carbonyl (C=O) groups excluding carboxylic acids is 2. The van der Waals surface area contributed by atoms with E-state index in [9.17, 15) is 9.59 Å². The van der Waals surface area contributed by atoms with E-state index in [0.29, 0.717) is 5.56 Å². The fourth-order valence-electron chi connectivity index (χ4n) is 1.20. The van der Waals surface area contributed by atoms with Crippen LogP contribution >= 0.6 is 0 Å². The van der Waals surface area contributed by atoms with Crippen molar-refractivity contribution >= 4 is 11.8 Å². The molecule has 1 heterocycles. The van der Waals surface area contributed by atoms with Crippen molar-refractivity contribution in [2.24, 2.45) is 7.05 Å². The van der Waals surface area contributed by atoms with Crippen LogP contribution in [0.5, 0.6) is 0 Å². The summed E-state index contributed by atoms with van der Waals surface area (Å²) in [5.74, 6) is -0.523. The van der Waals surface area contributed by atoms with E-state index in [-0.39, 0.29) is 17.9 Å². The van der Waals surface area contributed by atoms with Gasteiger partial charge < -0.3 is 4.74 Å². The maximum Gasteiger partial charge on any atom is 0.358 e. The SMILES string of the molecule is COC(=O)c1nn(C)cc1CC(C)=O. The maximum atomic E-state index is 11.2. The number of esters is 1. The smallest absolute Gasteiger partial charge is 0.358 e. The van der Waals surface area contributed by atoms with Crippen molar-refractivity contribution in [3.05, 3.63) is 17.5 Å². The number of carbonyl (C=O) groups is 2. The van der Waals surface area contributed by atoms with Crippen LogP contribution in [0.4, 0.5) is 0 Å². The fraction of sp³-hybridized carbons (Fsp3) is 0.444. The summed E-state index contributed by atoms with van der Waals surface area (Å²) in [4.78, 5) is 22.1. The van der Waals surface area contributed by atoms with Gasteiger partial charge in [-0.1, -0.05) is 0 Å². The van der Waals surface area contributed by atoms with Gasteiger partial charge in [0.2, 0.25) is 0 Å². The monoisotopic (exact) mass is 196 g/mol. The van der Waals surface area contributed by atoms with Crippen LogP contribution in [0.25, 0.3) is 0 Å². The average molecular weight is 196 g/mol. The van der Waals surface area contributed by atoms with Crippen LogP contribution < -0.4 is 0 Å². The molecule has 1 aromatic heterocycles. The summed E-state index contributed by atoms with van der Waals surface area (Å²) in [6, 6.07) is 0. The summed E-state index contributed by atoms with van der Waals surface area (Å²) >= 11 is 0. The molecule has 76 valence electrons. The molecular formula is C9H12N2O3. The molecule has 0 atom stereocenters. The number of Topliss-reactive ketones (excluding diaryl/α,β-unsaturated/α-hetero) is 1. The van der Waals surface area contributed by atoms with Crippen molar-refractivity contribution < 1.29 is 14.3 Å². The lowest BCUT2D eigenvalue weighted by molar-refractivity contribution is -0.116. The number of rotatable bonds is 3. The van der Waals surface area contributed by atoms with E-state index in [0.717, 1.165) is 0 Å². The summed E-state index contributed by atoms with van der Waals surface area (Å²) < 4.78 is 6.04. The molecule has 0 amide bonds. The summed E-state index contributed by atoms with van der Waals surface area (Å²) in [5, 5.41) is 3.92. The molecule has 5 nitrogen and oxygen atoms in total. The van der Waals surface area contributed by atoms with Crippen molar-refractivity contribution in [2.45, 2.75) is 13.3 Å².